The molecule has 0 aliphatic rings. The van der Waals surface area contributed by atoms with Gasteiger partial charge in [-0.05, 0) is 19.1 Å². The van der Waals surface area contributed by atoms with E-state index in [0.717, 1.165) is 12.1 Å². The Bertz CT molecular complexity index is 252. The number of pyridine rings is 1. The van der Waals surface area contributed by atoms with Crippen molar-refractivity contribution in [3.8, 4) is 0 Å². The molecule has 2 heteroatoms. The van der Waals surface area contributed by atoms with Gasteiger partial charge in [0.2, 0.25) is 0 Å². The summed E-state index contributed by atoms with van der Waals surface area (Å²) in [5.74, 6) is 0. The molecule has 1 aromatic heterocycles. The zero-order valence-electron chi connectivity index (χ0n) is 7.33. The van der Waals surface area contributed by atoms with Gasteiger partial charge < -0.3 is 5.73 Å². The Morgan fingerprint density at radius 3 is 2.92 bits per heavy atom. The predicted molar refractivity (Wildman–Crippen MR) is 50.8 cm³/mol. The Morgan fingerprint density at radius 1 is 1.58 bits per heavy atom. The summed E-state index contributed by atoms with van der Waals surface area (Å²) in [6, 6.07) is 5.92. The maximum Gasteiger partial charge on any atom is 0.0444 e. The minimum absolute atomic E-state index is 0.618. The summed E-state index contributed by atoms with van der Waals surface area (Å²) in [7, 11) is 0. The minimum atomic E-state index is 0.618. The fraction of sp³-hybridized carbons (Fsp3) is 0.300. The van der Waals surface area contributed by atoms with Crippen molar-refractivity contribution in [1.29, 1.82) is 0 Å². The Kier molecular flexibility index (Phi) is 3.48. The molecule has 0 spiro atoms. The topological polar surface area (TPSA) is 38.9 Å². The average molecular weight is 162 g/mol. The first kappa shape index (κ1) is 8.94. The predicted octanol–water partition coefficient (Wildman–Crippen LogP) is 1.53. The van der Waals surface area contributed by atoms with E-state index in [9.17, 15) is 0 Å². The second-order valence-corrected chi connectivity index (χ2v) is 2.65. The number of nitrogens with two attached hydrogens (primary N) is 1. The van der Waals surface area contributed by atoms with Crippen molar-refractivity contribution in [1.82, 2.24) is 4.98 Å². The van der Waals surface area contributed by atoms with Crippen LogP contribution in [0.25, 0.3) is 0 Å². The zero-order chi connectivity index (χ0) is 8.81. The van der Waals surface area contributed by atoms with Crippen molar-refractivity contribution >= 4 is 0 Å². The lowest BCUT2D eigenvalue weighted by Crippen LogP contribution is -2.06. The van der Waals surface area contributed by atoms with Crippen LogP contribution in [0.5, 0.6) is 0 Å². The van der Waals surface area contributed by atoms with E-state index in [1.165, 1.54) is 5.57 Å². The van der Waals surface area contributed by atoms with Gasteiger partial charge >= 0.3 is 0 Å². The Hall–Kier alpha value is -1.15. The van der Waals surface area contributed by atoms with E-state index < -0.39 is 0 Å². The molecular formula is C10H14N2. The molecule has 2 N–H and O–H groups in total. The molecule has 12 heavy (non-hydrogen) atoms. The van der Waals surface area contributed by atoms with Crippen LogP contribution in [-0.2, 0) is 6.42 Å². The Labute approximate surface area is 73.1 Å². The lowest BCUT2D eigenvalue weighted by atomic mass is 10.1. The highest BCUT2D eigenvalue weighted by Gasteiger charge is 1.95. The normalized spacial score (nSPS) is 11.7. The Morgan fingerprint density at radius 2 is 2.42 bits per heavy atom. The van der Waals surface area contributed by atoms with Crippen molar-refractivity contribution in [3.05, 3.63) is 41.7 Å². The van der Waals surface area contributed by atoms with Crippen LogP contribution < -0.4 is 5.73 Å². The first-order valence-corrected chi connectivity index (χ1v) is 4.11. The van der Waals surface area contributed by atoms with Crippen molar-refractivity contribution < 1.29 is 0 Å². The number of allylic oxidation sites excluding steroid dienone is 1. The third kappa shape index (κ3) is 2.47. The molecule has 0 aliphatic carbocycles. The van der Waals surface area contributed by atoms with Crippen LogP contribution >= 0.6 is 0 Å². The van der Waals surface area contributed by atoms with E-state index in [2.05, 4.69) is 11.1 Å². The summed E-state index contributed by atoms with van der Waals surface area (Å²) in [6.07, 6.45) is 4.72. The van der Waals surface area contributed by atoms with E-state index in [1.807, 2.05) is 25.1 Å². The fourth-order valence-electron chi connectivity index (χ4n) is 1.03. The van der Waals surface area contributed by atoms with Gasteiger partial charge in [0.05, 0.1) is 0 Å². The van der Waals surface area contributed by atoms with Gasteiger partial charge in [-0.15, -0.1) is 0 Å². The molecular weight excluding hydrogens is 148 g/mol. The largest absolute Gasteiger partial charge is 0.327 e. The van der Waals surface area contributed by atoms with E-state index in [-0.39, 0.29) is 0 Å². The lowest BCUT2D eigenvalue weighted by Gasteiger charge is -2.01. The standard InChI is InChI=1S/C10H14N2/c1-2-9(8-11)7-10-5-3-4-6-12-10/h2-6H,7-8,11H2,1H3/b9-2-. The minimum Gasteiger partial charge on any atom is -0.327 e. The van der Waals surface area contributed by atoms with Gasteiger partial charge in [0, 0.05) is 24.9 Å². The molecule has 0 saturated heterocycles. The fourth-order valence-corrected chi connectivity index (χ4v) is 1.03. The van der Waals surface area contributed by atoms with E-state index in [4.69, 9.17) is 5.73 Å². The summed E-state index contributed by atoms with van der Waals surface area (Å²) >= 11 is 0. The van der Waals surface area contributed by atoms with Crippen molar-refractivity contribution in [3.63, 3.8) is 0 Å². The van der Waals surface area contributed by atoms with Gasteiger partial charge in [0.1, 0.15) is 0 Å². The van der Waals surface area contributed by atoms with Crippen LogP contribution in [0.2, 0.25) is 0 Å². The van der Waals surface area contributed by atoms with Gasteiger partial charge in [-0.2, -0.15) is 0 Å². The first-order chi connectivity index (χ1) is 5.86. The van der Waals surface area contributed by atoms with Gasteiger partial charge in [-0.3, -0.25) is 4.98 Å². The van der Waals surface area contributed by atoms with E-state index in [0.29, 0.717) is 6.54 Å². The molecule has 1 rings (SSSR count). The smallest absolute Gasteiger partial charge is 0.0444 e. The molecule has 0 fully saturated rings. The molecule has 0 aliphatic heterocycles. The van der Waals surface area contributed by atoms with E-state index >= 15 is 0 Å². The summed E-state index contributed by atoms with van der Waals surface area (Å²) in [6.45, 7) is 2.62. The molecule has 64 valence electrons. The third-order valence-corrected chi connectivity index (χ3v) is 1.80. The Balaban J connectivity index is 2.64. The molecule has 0 aromatic carbocycles. The van der Waals surface area contributed by atoms with Crippen LogP contribution in [0.1, 0.15) is 12.6 Å². The molecule has 0 amide bonds. The monoisotopic (exact) mass is 162 g/mol. The second kappa shape index (κ2) is 4.67. The van der Waals surface area contributed by atoms with Gasteiger partial charge in [0.25, 0.3) is 0 Å². The quantitative estimate of drug-likeness (QED) is 0.684. The number of hydrogen-bond donors (Lipinski definition) is 1. The van der Waals surface area contributed by atoms with Crippen molar-refractivity contribution in [2.45, 2.75) is 13.3 Å². The van der Waals surface area contributed by atoms with Gasteiger partial charge in [0.15, 0.2) is 0 Å². The zero-order valence-corrected chi connectivity index (χ0v) is 7.33. The number of rotatable bonds is 3. The highest BCUT2D eigenvalue weighted by molar-refractivity contribution is 5.15. The van der Waals surface area contributed by atoms with E-state index in [1.54, 1.807) is 6.20 Å². The third-order valence-electron chi connectivity index (χ3n) is 1.80. The van der Waals surface area contributed by atoms with Crippen LogP contribution in [0.4, 0.5) is 0 Å². The lowest BCUT2D eigenvalue weighted by molar-refractivity contribution is 0.984. The maximum atomic E-state index is 5.54. The average Bonchev–Trinajstić information content (AvgIpc) is 2.16. The summed E-state index contributed by atoms with van der Waals surface area (Å²) in [5.41, 5.74) is 7.85. The van der Waals surface area contributed by atoms with Crippen LogP contribution in [0.15, 0.2) is 36.0 Å². The maximum absolute atomic E-state index is 5.54. The number of aromatic nitrogens is 1. The van der Waals surface area contributed by atoms with Crippen LogP contribution in [0.3, 0.4) is 0 Å². The molecule has 0 atom stereocenters. The summed E-state index contributed by atoms with van der Waals surface area (Å²) < 4.78 is 0. The highest BCUT2D eigenvalue weighted by atomic mass is 14.7. The summed E-state index contributed by atoms with van der Waals surface area (Å²) in [4.78, 5) is 4.22. The second-order valence-electron chi connectivity index (χ2n) is 2.65. The summed E-state index contributed by atoms with van der Waals surface area (Å²) in [5, 5.41) is 0. The molecule has 1 heterocycles. The number of hydrogen-bond acceptors (Lipinski definition) is 2. The molecule has 1 aromatic rings. The molecule has 2 nitrogen and oxygen atoms in total. The van der Waals surface area contributed by atoms with Gasteiger partial charge in [-0.1, -0.05) is 17.7 Å². The highest BCUT2D eigenvalue weighted by Crippen LogP contribution is 2.02. The number of nitrogens with zero attached hydrogens (tertiary/aromatic N) is 1. The first-order valence-electron chi connectivity index (χ1n) is 4.11. The molecule has 0 bridgehead atoms. The van der Waals surface area contributed by atoms with Crippen LogP contribution in [0, 0.1) is 0 Å². The molecule has 0 saturated carbocycles. The SMILES string of the molecule is C/C=C(\CN)Cc1ccccn1. The molecule has 0 unspecified atom stereocenters. The van der Waals surface area contributed by atoms with Crippen molar-refractivity contribution in [2.75, 3.05) is 6.54 Å². The van der Waals surface area contributed by atoms with Crippen LogP contribution in [-0.4, -0.2) is 11.5 Å². The van der Waals surface area contributed by atoms with Crippen molar-refractivity contribution in [2.24, 2.45) is 5.73 Å². The molecule has 0 radical (unpaired) electrons. The van der Waals surface area contributed by atoms with Gasteiger partial charge in [-0.25, -0.2) is 0 Å².